The van der Waals surface area contributed by atoms with Crippen molar-refractivity contribution in [2.45, 2.75) is 46.6 Å². The summed E-state index contributed by atoms with van der Waals surface area (Å²) in [6, 6.07) is 5.04. The molecular formula is C23H30F2N4O3. The number of alkyl halides is 2. The minimum Gasteiger partial charge on any atom is -0.494 e. The molecule has 3 rings (SSSR count). The first-order valence-electron chi connectivity index (χ1n) is 10.2. The van der Waals surface area contributed by atoms with Crippen LogP contribution in [0.4, 0.5) is 8.78 Å². The number of hydrogen-bond acceptors (Lipinski definition) is 6. The van der Waals surface area contributed by atoms with Gasteiger partial charge < -0.3 is 20.6 Å². The van der Waals surface area contributed by atoms with Gasteiger partial charge in [-0.2, -0.15) is 8.78 Å². The number of ether oxygens (including phenoxy) is 1. The van der Waals surface area contributed by atoms with Crippen molar-refractivity contribution in [3.05, 3.63) is 54.1 Å². The normalized spacial score (nSPS) is 11.5. The Balaban J connectivity index is 0.00000121. The van der Waals surface area contributed by atoms with Gasteiger partial charge in [-0.05, 0) is 24.3 Å². The average Bonchev–Trinajstić information content (AvgIpc) is 3.25. The van der Waals surface area contributed by atoms with Crippen LogP contribution < -0.4 is 16.2 Å². The van der Waals surface area contributed by atoms with E-state index in [1.165, 1.54) is 25.3 Å². The molecule has 0 unspecified atom stereocenters. The van der Waals surface area contributed by atoms with E-state index in [9.17, 15) is 13.6 Å². The molecule has 0 spiro atoms. The zero-order chi connectivity index (χ0) is 24.6. The van der Waals surface area contributed by atoms with Crippen LogP contribution in [0, 0.1) is 0 Å². The van der Waals surface area contributed by atoms with Crippen LogP contribution in [-0.4, -0.2) is 23.0 Å². The molecule has 32 heavy (non-hydrogen) atoms. The minimum absolute atomic E-state index is 0.0477. The second kappa shape index (κ2) is 11.3. The molecular weight excluding hydrogens is 418 g/mol. The van der Waals surface area contributed by atoms with Crippen LogP contribution in [0.3, 0.4) is 0 Å². The lowest BCUT2D eigenvalue weighted by Gasteiger charge is -2.13. The molecule has 9 heteroatoms. The molecule has 4 N–H and O–H groups in total. The maximum absolute atomic E-state index is 13.7. The van der Waals surface area contributed by atoms with Crippen LogP contribution in [0.2, 0.25) is 0 Å². The zero-order valence-corrected chi connectivity index (χ0v) is 19.2. The van der Waals surface area contributed by atoms with Gasteiger partial charge in [-0.3, -0.25) is 4.79 Å². The number of amides is 1. The van der Waals surface area contributed by atoms with Gasteiger partial charge in [-0.1, -0.05) is 33.8 Å². The number of aromatic nitrogens is 2. The Labute approximate surface area is 186 Å². The summed E-state index contributed by atoms with van der Waals surface area (Å²) in [6.07, 6.45) is 1.38. The van der Waals surface area contributed by atoms with Crippen molar-refractivity contribution >= 4 is 16.8 Å². The highest BCUT2D eigenvalue weighted by Crippen LogP contribution is 2.36. The van der Waals surface area contributed by atoms with Crippen molar-refractivity contribution in [1.82, 2.24) is 9.97 Å². The third-order valence-electron chi connectivity index (χ3n) is 4.16. The summed E-state index contributed by atoms with van der Waals surface area (Å²) in [5.41, 5.74) is 11.3. The van der Waals surface area contributed by atoms with Crippen molar-refractivity contribution in [3.8, 4) is 17.2 Å². The highest BCUT2D eigenvalue weighted by atomic mass is 19.3. The summed E-state index contributed by atoms with van der Waals surface area (Å²) in [5.74, 6) is -3.53. The molecule has 0 fully saturated rings. The number of rotatable bonds is 6. The summed E-state index contributed by atoms with van der Waals surface area (Å²) < 4.78 is 38.3. The molecule has 0 saturated carbocycles. The largest absolute Gasteiger partial charge is 0.494 e. The molecule has 0 aliphatic heterocycles. The summed E-state index contributed by atoms with van der Waals surface area (Å²) in [6.45, 7) is 12.3. The van der Waals surface area contributed by atoms with E-state index in [4.69, 9.17) is 20.6 Å². The number of nitrogens with zero attached hydrogens (tertiary/aromatic N) is 2. The number of hydrogen-bond donors (Lipinski definition) is 2. The first-order valence-corrected chi connectivity index (χ1v) is 10.2. The van der Waals surface area contributed by atoms with Crippen LogP contribution >= 0.6 is 0 Å². The maximum Gasteiger partial charge on any atom is 0.286 e. The number of carbonyl (C=O) groups excluding carboxylic acids is 1. The predicted octanol–water partition coefficient (Wildman–Crippen LogP) is 5.35. The van der Waals surface area contributed by atoms with Gasteiger partial charge in [-0.15, -0.1) is 6.58 Å². The van der Waals surface area contributed by atoms with Gasteiger partial charge in [0.15, 0.2) is 11.5 Å². The molecule has 0 bridgehead atoms. The molecule has 3 aromatic rings. The van der Waals surface area contributed by atoms with E-state index >= 15 is 0 Å². The van der Waals surface area contributed by atoms with Gasteiger partial charge in [0.2, 0.25) is 5.89 Å². The molecule has 0 aliphatic rings. The van der Waals surface area contributed by atoms with E-state index in [0.717, 1.165) is 6.92 Å². The highest BCUT2D eigenvalue weighted by molar-refractivity contribution is 5.97. The summed E-state index contributed by atoms with van der Waals surface area (Å²) >= 11 is 0. The third-order valence-corrected chi connectivity index (χ3v) is 4.16. The first kappa shape index (κ1) is 26.7. The van der Waals surface area contributed by atoms with E-state index in [1.54, 1.807) is 12.1 Å². The molecule has 1 amide bonds. The van der Waals surface area contributed by atoms with E-state index in [1.807, 2.05) is 27.7 Å². The van der Waals surface area contributed by atoms with Crippen molar-refractivity contribution in [2.75, 3.05) is 7.11 Å². The fourth-order valence-electron chi connectivity index (χ4n) is 2.74. The number of benzene rings is 1. The molecule has 2 heterocycles. The van der Waals surface area contributed by atoms with Gasteiger partial charge in [0.25, 0.3) is 11.8 Å². The second-order valence-electron chi connectivity index (χ2n) is 6.15. The Bertz CT molecular complexity index is 1080. The van der Waals surface area contributed by atoms with Crippen LogP contribution in [0.25, 0.3) is 22.4 Å². The third kappa shape index (κ3) is 5.47. The molecule has 0 aliphatic carbocycles. The fourth-order valence-corrected chi connectivity index (χ4v) is 2.74. The van der Waals surface area contributed by atoms with Gasteiger partial charge in [0, 0.05) is 17.9 Å². The zero-order valence-electron chi connectivity index (χ0n) is 19.2. The summed E-state index contributed by atoms with van der Waals surface area (Å²) in [4.78, 5) is 19.9. The fraction of sp³-hybridized carbons (Fsp3) is 0.348. The maximum atomic E-state index is 13.7. The highest BCUT2D eigenvalue weighted by Gasteiger charge is 2.28. The van der Waals surface area contributed by atoms with Crippen molar-refractivity contribution in [1.29, 1.82) is 0 Å². The molecule has 7 nitrogen and oxygen atoms in total. The van der Waals surface area contributed by atoms with Gasteiger partial charge in [0.05, 0.1) is 13.2 Å². The number of carbonyl (C=O) groups is 1. The number of pyridine rings is 1. The Morgan fingerprint density at radius 3 is 2.31 bits per heavy atom. The van der Waals surface area contributed by atoms with Crippen molar-refractivity contribution in [3.63, 3.8) is 0 Å². The molecule has 0 saturated heterocycles. The quantitative estimate of drug-likeness (QED) is 0.491. The Morgan fingerprint density at radius 1 is 1.19 bits per heavy atom. The topological polar surface area (TPSA) is 117 Å². The van der Waals surface area contributed by atoms with E-state index in [-0.39, 0.29) is 22.9 Å². The monoisotopic (exact) mass is 448 g/mol. The Hall–Kier alpha value is -3.33. The van der Waals surface area contributed by atoms with Gasteiger partial charge >= 0.3 is 0 Å². The van der Waals surface area contributed by atoms with Crippen molar-refractivity contribution < 1.29 is 22.7 Å². The van der Waals surface area contributed by atoms with Crippen LogP contribution in [0.5, 0.6) is 5.75 Å². The van der Waals surface area contributed by atoms with Crippen LogP contribution in [-0.2, 0) is 5.92 Å². The standard InChI is InChI=1S/C19H18F2N4O3.2C2H6/c1-4-11(22)16-15(17(23)26)25-18(28-16)10-5-7-12(27-3)14-9(10)6-8-13(24-14)19(2,20)21;2*1-2/h4-8,11H,1,22H2,2-3H3,(H2,23,26);2*1-2H3/t11-;;/m0../s1. The smallest absolute Gasteiger partial charge is 0.286 e. The lowest BCUT2D eigenvalue weighted by atomic mass is 10.1. The Morgan fingerprint density at radius 2 is 1.81 bits per heavy atom. The molecule has 1 aromatic carbocycles. The molecule has 2 aromatic heterocycles. The lowest BCUT2D eigenvalue weighted by molar-refractivity contribution is 0.0131. The molecule has 1 atom stereocenters. The number of nitrogens with two attached hydrogens (primary N) is 2. The Kier molecular flexibility index (Phi) is 9.46. The van der Waals surface area contributed by atoms with Crippen LogP contribution in [0.1, 0.15) is 62.6 Å². The molecule has 174 valence electrons. The number of halogens is 2. The predicted molar refractivity (Wildman–Crippen MR) is 122 cm³/mol. The number of fused-ring (bicyclic) bond motifs is 1. The second-order valence-corrected chi connectivity index (χ2v) is 6.15. The average molecular weight is 449 g/mol. The van der Waals surface area contributed by atoms with Crippen LogP contribution in [0.15, 0.2) is 41.3 Å². The minimum atomic E-state index is -3.12. The number of oxazole rings is 1. The van der Waals surface area contributed by atoms with E-state index in [2.05, 4.69) is 16.5 Å². The number of methoxy groups -OCH3 is 1. The summed E-state index contributed by atoms with van der Waals surface area (Å²) in [7, 11) is 1.41. The van der Waals surface area contributed by atoms with E-state index in [0.29, 0.717) is 16.7 Å². The lowest BCUT2D eigenvalue weighted by Crippen LogP contribution is -2.17. The van der Waals surface area contributed by atoms with Gasteiger partial charge in [0.1, 0.15) is 17.0 Å². The number of primary amides is 1. The molecule has 0 radical (unpaired) electrons. The summed E-state index contributed by atoms with van der Waals surface area (Å²) in [5, 5.41) is 0.448. The van der Waals surface area contributed by atoms with Gasteiger partial charge in [-0.25, -0.2) is 9.97 Å². The van der Waals surface area contributed by atoms with Crippen molar-refractivity contribution in [2.24, 2.45) is 11.5 Å². The first-order chi connectivity index (χ1) is 15.2. The SMILES string of the molecule is C=C[C@H](N)c1oc(-c2ccc(OC)c3nc(C(C)(F)F)ccc23)nc1C(N)=O.CC.CC. The van der Waals surface area contributed by atoms with E-state index < -0.39 is 23.6 Å².